The third-order valence-corrected chi connectivity index (χ3v) is 3.80. The van der Waals surface area contributed by atoms with Gasteiger partial charge < -0.3 is 15.8 Å². The van der Waals surface area contributed by atoms with Crippen LogP contribution >= 0.6 is 0 Å². The van der Waals surface area contributed by atoms with E-state index < -0.39 is 5.97 Å². The smallest absolute Gasteiger partial charge is 0.331 e. The lowest BCUT2D eigenvalue weighted by atomic mass is 10.1. The van der Waals surface area contributed by atoms with Gasteiger partial charge in [-0.3, -0.25) is 0 Å². The van der Waals surface area contributed by atoms with Crippen molar-refractivity contribution in [3.63, 3.8) is 0 Å². The van der Waals surface area contributed by atoms with Gasteiger partial charge >= 0.3 is 5.97 Å². The number of hydrogen-bond acceptors (Lipinski definition) is 7. The van der Waals surface area contributed by atoms with Gasteiger partial charge in [0.05, 0.1) is 0 Å². The summed E-state index contributed by atoms with van der Waals surface area (Å²) in [5, 5.41) is 3.06. The Hall–Kier alpha value is -3.74. The molecule has 0 atom stereocenters. The van der Waals surface area contributed by atoms with E-state index in [1.54, 1.807) is 6.08 Å². The van der Waals surface area contributed by atoms with Gasteiger partial charge in [0, 0.05) is 11.8 Å². The summed E-state index contributed by atoms with van der Waals surface area (Å²) >= 11 is 0. The molecular weight excluding hydrogens is 354 g/mol. The first kappa shape index (κ1) is 19.0. The second kappa shape index (κ2) is 8.77. The predicted octanol–water partition coefficient (Wildman–Crippen LogP) is 3.57. The number of esters is 1. The van der Waals surface area contributed by atoms with Crippen molar-refractivity contribution in [3.8, 4) is 0 Å². The third-order valence-electron chi connectivity index (χ3n) is 3.80. The Labute approximate surface area is 163 Å². The highest BCUT2D eigenvalue weighted by atomic mass is 16.5. The van der Waals surface area contributed by atoms with Gasteiger partial charge in [-0.05, 0) is 37.6 Å². The van der Waals surface area contributed by atoms with E-state index in [4.69, 9.17) is 10.5 Å². The van der Waals surface area contributed by atoms with E-state index in [1.165, 1.54) is 6.08 Å². The number of aryl methyl sites for hydroxylation is 2. The Morgan fingerprint density at radius 1 is 1.07 bits per heavy atom. The molecule has 0 unspecified atom stereocenters. The summed E-state index contributed by atoms with van der Waals surface area (Å²) in [6.45, 7) is 3.89. The zero-order valence-electron chi connectivity index (χ0n) is 15.7. The van der Waals surface area contributed by atoms with E-state index in [0.717, 1.165) is 22.4 Å². The molecular formula is C21H21N5O2. The van der Waals surface area contributed by atoms with Gasteiger partial charge in [0.25, 0.3) is 0 Å². The first-order valence-corrected chi connectivity index (χ1v) is 8.73. The number of carbonyl (C=O) groups is 1. The minimum absolute atomic E-state index is 0.0472. The van der Waals surface area contributed by atoms with Crippen LogP contribution in [0.4, 0.5) is 17.6 Å². The zero-order chi connectivity index (χ0) is 19.9. The molecule has 0 saturated heterocycles. The molecule has 3 N–H and O–H groups in total. The van der Waals surface area contributed by atoms with Crippen LogP contribution in [0.25, 0.3) is 6.08 Å². The Morgan fingerprint density at radius 3 is 2.61 bits per heavy atom. The molecule has 0 aliphatic rings. The van der Waals surface area contributed by atoms with Gasteiger partial charge in [0.1, 0.15) is 0 Å². The largest absolute Gasteiger partial charge is 0.454 e. The van der Waals surface area contributed by atoms with Crippen molar-refractivity contribution < 1.29 is 9.53 Å². The van der Waals surface area contributed by atoms with Gasteiger partial charge in [0.15, 0.2) is 12.4 Å². The molecule has 0 saturated carbocycles. The van der Waals surface area contributed by atoms with Crippen molar-refractivity contribution in [2.45, 2.75) is 20.5 Å². The fourth-order valence-electron chi connectivity index (χ4n) is 2.45. The number of hydrogen-bond donors (Lipinski definition) is 2. The summed E-state index contributed by atoms with van der Waals surface area (Å²) in [7, 11) is 0. The lowest BCUT2D eigenvalue weighted by Crippen LogP contribution is -2.10. The monoisotopic (exact) mass is 375 g/mol. The van der Waals surface area contributed by atoms with Crippen LogP contribution in [0.15, 0.2) is 54.6 Å². The highest BCUT2D eigenvalue weighted by molar-refractivity contribution is 5.87. The van der Waals surface area contributed by atoms with Crippen LogP contribution in [0.3, 0.4) is 0 Å². The van der Waals surface area contributed by atoms with Crippen LogP contribution in [0.2, 0.25) is 0 Å². The number of carbonyl (C=O) groups excluding carboxylic acids is 1. The van der Waals surface area contributed by atoms with Crippen molar-refractivity contribution in [1.82, 2.24) is 15.0 Å². The number of nitrogens with two attached hydrogens (primary N) is 1. The molecule has 0 bridgehead atoms. The molecule has 2 aromatic carbocycles. The second-order valence-electron chi connectivity index (χ2n) is 6.28. The lowest BCUT2D eigenvalue weighted by molar-refractivity contribution is -0.139. The van der Waals surface area contributed by atoms with E-state index in [9.17, 15) is 4.79 Å². The van der Waals surface area contributed by atoms with E-state index in [2.05, 4.69) is 20.3 Å². The molecule has 0 amide bonds. The van der Waals surface area contributed by atoms with Gasteiger partial charge in [-0.25, -0.2) is 4.79 Å². The number of anilines is 3. The van der Waals surface area contributed by atoms with Gasteiger partial charge in [-0.2, -0.15) is 15.0 Å². The first-order chi connectivity index (χ1) is 13.5. The molecule has 1 heterocycles. The summed E-state index contributed by atoms with van der Waals surface area (Å²) in [6.07, 6.45) is 3.06. The van der Waals surface area contributed by atoms with Crippen molar-refractivity contribution in [2.24, 2.45) is 0 Å². The zero-order valence-corrected chi connectivity index (χ0v) is 15.7. The maximum Gasteiger partial charge on any atom is 0.331 e. The van der Waals surface area contributed by atoms with Crippen molar-refractivity contribution >= 4 is 29.6 Å². The summed E-state index contributed by atoms with van der Waals surface area (Å²) in [6, 6.07) is 15.5. The number of nitrogens with zero attached hydrogens (tertiary/aromatic N) is 3. The molecule has 0 radical (unpaired) electrons. The van der Waals surface area contributed by atoms with Crippen LogP contribution in [-0.4, -0.2) is 20.9 Å². The number of rotatable bonds is 6. The highest BCUT2D eigenvalue weighted by Crippen LogP contribution is 2.14. The molecule has 28 heavy (non-hydrogen) atoms. The van der Waals surface area contributed by atoms with E-state index >= 15 is 0 Å². The number of aromatic nitrogens is 3. The van der Waals surface area contributed by atoms with Gasteiger partial charge in [0.2, 0.25) is 11.9 Å². The minimum Gasteiger partial charge on any atom is -0.454 e. The molecule has 0 aliphatic carbocycles. The van der Waals surface area contributed by atoms with Crippen LogP contribution in [-0.2, 0) is 16.1 Å². The molecule has 142 valence electrons. The topological polar surface area (TPSA) is 103 Å². The molecule has 0 aliphatic heterocycles. The van der Waals surface area contributed by atoms with Crippen LogP contribution in [0.1, 0.15) is 22.5 Å². The normalized spacial score (nSPS) is 10.8. The van der Waals surface area contributed by atoms with E-state index in [1.807, 2.05) is 62.4 Å². The average molecular weight is 375 g/mol. The summed E-state index contributed by atoms with van der Waals surface area (Å²) in [5.41, 5.74) is 9.74. The molecule has 7 nitrogen and oxygen atoms in total. The summed E-state index contributed by atoms with van der Waals surface area (Å²) < 4.78 is 5.19. The molecule has 3 rings (SSSR count). The lowest BCUT2D eigenvalue weighted by Gasteiger charge is -2.07. The van der Waals surface area contributed by atoms with Crippen LogP contribution < -0.4 is 11.1 Å². The van der Waals surface area contributed by atoms with Crippen molar-refractivity contribution in [3.05, 3.63) is 77.1 Å². The second-order valence-corrected chi connectivity index (χ2v) is 6.28. The molecule has 7 heteroatoms. The maximum absolute atomic E-state index is 11.9. The third kappa shape index (κ3) is 5.63. The Bertz CT molecular complexity index is 1000. The SMILES string of the molecule is Cc1ccc(Nc2nc(N)nc(COC(=O)/C=C/c3cccc(C)c3)n2)cc1. The van der Waals surface area contributed by atoms with E-state index in [-0.39, 0.29) is 24.3 Å². The summed E-state index contributed by atoms with van der Waals surface area (Å²) in [5.74, 6) is 0.108. The van der Waals surface area contributed by atoms with Crippen molar-refractivity contribution in [2.75, 3.05) is 11.1 Å². The first-order valence-electron chi connectivity index (χ1n) is 8.73. The number of nitrogen functional groups attached to an aromatic ring is 1. The summed E-state index contributed by atoms with van der Waals surface area (Å²) in [4.78, 5) is 24.2. The van der Waals surface area contributed by atoms with Gasteiger partial charge in [-0.15, -0.1) is 0 Å². The Balaban J connectivity index is 1.61. The molecule has 1 aromatic heterocycles. The molecule has 0 fully saturated rings. The minimum atomic E-state index is -0.492. The van der Waals surface area contributed by atoms with Crippen LogP contribution in [0.5, 0.6) is 0 Å². The van der Waals surface area contributed by atoms with Crippen molar-refractivity contribution in [1.29, 1.82) is 0 Å². The number of ether oxygens (including phenoxy) is 1. The van der Waals surface area contributed by atoms with E-state index in [0.29, 0.717) is 0 Å². The standard InChI is InChI=1S/C21H21N5O2/c1-14-6-9-17(10-7-14)23-21-25-18(24-20(22)26-21)13-28-19(27)11-8-16-5-3-4-15(2)12-16/h3-12H,13H2,1-2H3,(H3,22,23,24,25,26)/b11-8+. The maximum atomic E-state index is 11.9. The highest BCUT2D eigenvalue weighted by Gasteiger charge is 2.07. The van der Waals surface area contributed by atoms with Gasteiger partial charge in [-0.1, -0.05) is 47.5 Å². The fourth-order valence-corrected chi connectivity index (χ4v) is 2.45. The number of benzene rings is 2. The molecule has 3 aromatic rings. The average Bonchev–Trinajstić information content (AvgIpc) is 2.66. The predicted molar refractivity (Wildman–Crippen MR) is 109 cm³/mol. The Kier molecular flexibility index (Phi) is 5.96. The quantitative estimate of drug-likeness (QED) is 0.501. The fraction of sp³-hybridized carbons (Fsp3) is 0.143. The Morgan fingerprint density at radius 2 is 1.86 bits per heavy atom. The molecule has 0 spiro atoms. The van der Waals surface area contributed by atoms with Crippen LogP contribution in [0, 0.1) is 13.8 Å². The number of nitrogens with one attached hydrogen (secondary N) is 1.